The molecule has 0 saturated heterocycles. The standard InChI is InChI=1S/C21H22N4O2/c1-14-4-9-18(15(2)12-14)22-19-10-11-20(25-24-19)23-21(26)13-16-5-7-17(27-3)8-6-16/h4-12H,13H2,1-3H3,(H,22,24)(H,23,25,26). The maximum atomic E-state index is 12.2. The third-order valence-electron chi connectivity index (χ3n) is 4.10. The molecule has 2 aromatic carbocycles. The number of rotatable bonds is 6. The minimum absolute atomic E-state index is 0.149. The number of nitrogens with one attached hydrogen (secondary N) is 2. The van der Waals surface area contributed by atoms with E-state index in [0.29, 0.717) is 11.6 Å². The summed E-state index contributed by atoms with van der Waals surface area (Å²) in [5, 5.41) is 14.2. The largest absolute Gasteiger partial charge is 0.497 e. The molecule has 0 aliphatic carbocycles. The van der Waals surface area contributed by atoms with Gasteiger partial charge in [-0.2, -0.15) is 0 Å². The van der Waals surface area contributed by atoms with E-state index in [-0.39, 0.29) is 12.3 Å². The molecule has 1 heterocycles. The predicted octanol–water partition coefficient (Wildman–Crippen LogP) is 4.03. The number of aromatic nitrogens is 2. The Balaban J connectivity index is 1.58. The number of nitrogens with zero attached hydrogens (tertiary/aromatic N) is 2. The van der Waals surface area contributed by atoms with Crippen LogP contribution in [0.25, 0.3) is 0 Å². The summed E-state index contributed by atoms with van der Waals surface area (Å²) in [4.78, 5) is 12.2. The van der Waals surface area contributed by atoms with E-state index >= 15 is 0 Å². The zero-order valence-electron chi connectivity index (χ0n) is 15.6. The zero-order valence-corrected chi connectivity index (χ0v) is 15.6. The maximum absolute atomic E-state index is 12.2. The van der Waals surface area contributed by atoms with Crippen LogP contribution in [0.3, 0.4) is 0 Å². The van der Waals surface area contributed by atoms with Gasteiger partial charge in [0, 0.05) is 5.69 Å². The zero-order chi connectivity index (χ0) is 19.2. The van der Waals surface area contributed by atoms with Gasteiger partial charge in [-0.15, -0.1) is 10.2 Å². The summed E-state index contributed by atoms with van der Waals surface area (Å²) in [6, 6.07) is 17.0. The second-order valence-corrected chi connectivity index (χ2v) is 6.32. The molecule has 1 amide bonds. The van der Waals surface area contributed by atoms with Crippen LogP contribution in [-0.4, -0.2) is 23.2 Å². The topological polar surface area (TPSA) is 76.1 Å². The van der Waals surface area contributed by atoms with Crippen molar-refractivity contribution in [1.82, 2.24) is 10.2 Å². The van der Waals surface area contributed by atoms with Crippen molar-refractivity contribution in [2.24, 2.45) is 0 Å². The van der Waals surface area contributed by atoms with Gasteiger partial charge in [-0.05, 0) is 55.3 Å². The van der Waals surface area contributed by atoms with E-state index < -0.39 is 0 Å². The third kappa shape index (κ3) is 5.04. The number of benzene rings is 2. The Labute approximate surface area is 158 Å². The summed E-state index contributed by atoms with van der Waals surface area (Å²) in [5.41, 5.74) is 4.22. The van der Waals surface area contributed by atoms with Gasteiger partial charge in [0.1, 0.15) is 5.75 Å². The second kappa shape index (κ2) is 8.31. The number of carbonyl (C=O) groups is 1. The number of aryl methyl sites for hydroxylation is 2. The fourth-order valence-electron chi connectivity index (χ4n) is 2.67. The number of ether oxygens (including phenoxy) is 1. The van der Waals surface area contributed by atoms with Crippen LogP contribution in [0.5, 0.6) is 5.75 Å². The van der Waals surface area contributed by atoms with E-state index in [2.05, 4.69) is 33.8 Å². The van der Waals surface area contributed by atoms with Gasteiger partial charge < -0.3 is 15.4 Å². The fraction of sp³-hybridized carbons (Fsp3) is 0.190. The number of amides is 1. The Kier molecular flexibility index (Phi) is 5.66. The molecule has 0 radical (unpaired) electrons. The lowest BCUT2D eigenvalue weighted by Gasteiger charge is -2.10. The van der Waals surface area contributed by atoms with Gasteiger partial charge in [-0.3, -0.25) is 4.79 Å². The van der Waals surface area contributed by atoms with Crippen LogP contribution < -0.4 is 15.4 Å². The molecule has 0 spiro atoms. The first kappa shape index (κ1) is 18.4. The Bertz CT molecular complexity index is 922. The van der Waals surface area contributed by atoms with Crippen molar-refractivity contribution in [2.75, 3.05) is 17.7 Å². The number of methoxy groups -OCH3 is 1. The number of anilines is 3. The van der Waals surface area contributed by atoms with E-state index in [1.165, 1.54) is 5.56 Å². The normalized spacial score (nSPS) is 10.3. The smallest absolute Gasteiger partial charge is 0.229 e. The van der Waals surface area contributed by atoms with Crippen molar-refractivity contribution >= 4 is 23.2 Å². The van der Waals surface area contributed by atoms with E-state index in [0.717, 1.165) is 22.6 Å². The van der Waals surface area contributed by atoms with Gasteiger partial charge in [-0.1, -0.05) is 29.8 Å². The number of carbonyl (C=O) groups excluding carboxylic acids is 1. The van der Waals surface area contributed by atoms with Gasteiger partial charge in [0.25, 0.3) is 0 Å². The average Bonchev–Trinajstić information content (AvgIpc) is 2.66. The molecule has 27 heavy (non-hydrogen) atoms. The van der Waals surface area contributed by atoms with Crippen LogP contribution in [0.4, 0.5) is 17.3 Å². The quantitative estimate of drug-likeness (QED) is 0.692. The highest BCUT2D eigenvalue weighted by atomic mass is 16.5. The SMILES string of the molecule is COc1ccc(CC(=O)Nc2ccc(Nc3ccc(C)cc3C)nn2)cc1. The van der Waals surface area contributed by atoms with Crippen LogP contribution in [0.2, 0.25) is 0 Å². The second-order valence-electron chi connectivity index (χ2n) is 6.32. The van der Waals surface area contributed by atoms with E-state index in [1.54, 1.807) is 19.2 Å². The molecule has 0 unspecified atom stereocenters. The molecular weight excluding hydrogens is 340 g/mol. The van der Waals surface area contributed by atoms with Crippen molar-refractivity contribution in [3.63, 3.8) is 0 Å². The Morgan fingerprint density at radius 2 is 1.67 bits per heavy atom. The summed E-state index contributed by atoms with van der Waals surface area (Å²) < 4.78 is 5.11. The molecule has 6 nitrogen and oxygen atoms in total. The highest BCUT2D eigenvalue weighted by Crippen LogP contribution is 2.20. The lowest BCUT2D eigenvalue weighted by Crippen LogP contribution is -2.15. The first-order chi connectivity index (χ1) is 13.0. The van der Waals surface area contributed by atoms with Gasteiger partial charge in [0.15, 0.2) is 11.6 Å². The summed E-state index contributed by atoms with van der Waals surface area (Å²) in [6.07, 6.45) is 0.258. The molecule has 3 rings (SSSR count). The Morgan fingerprint density at radius 1 is 0.963 bits per heavy atom. The summed E-state index contributed by atoms with van der Waals surface area (Å²) in [5.74, 6) is 1.65. The predicted molar refractivity (Wildman–Crippen MR) is 107 cm³/mol. The van der Waals surface area contributed by atoms with Crippen molar-refractivity contribution < 1.29 is 9.53 Å². The molecule has 0 atom stereocenters. The van der Waals surface area contributed by atoms with Crippen LogP contribution in [0, 0.1) is 13.8 Å². The molecule has 0 bridgehead atoms. The van der Waals surface area contributed by atoms with Crippen molar-refractivity contribution in [3.8, 4) is 5.75 Å². The monoisotopic (exact) mass is 362 g/mol. The van der Waals surface area contributed by atoms with E-state index in [9.17, 15) is 4.79 Å². The summed E-state index contributed by atoms with van der Waals surface area (Å²) in [6.45, 7) is 4.09. The molecule has 0 aliphatic rings. The van der Waals surface area contributed by atoms with Crippen molar-refractivity contribution in [3.05, 3.63) is 71.3 Å². The van der Waals surface area contributed by atoms with Crippen LogP contribution >= 0.6 is 0 Å². The third-order valence-corrected chi connectivity index (χ3v) is 4.10. The minimum Gasteiger partial charge on any atom is -0.497 e. The van der Waals surface area contributed by atoms with Gasteiger partial charge in [-0.25, -0.2) is 0 Å². The molecule has 2 N–H and O–H groups in total. The Hall–Kier alpha value is -3.41. The molecule has 0 aliphatic heterocycles. The van der Waals surface area contributed by atoms with E-state index in [1.807, 2.05) is 43.3 Å². The average molecular weight is 362 g/mol. The highest BCUT2D eigenvalue weighted by Gasteiger charge is 2.07. The maximum Gasteiger partial charge on any atom is 0.229 e. The van der Waals surface area contributed by atoms with Crippen LogP contribution in [-0.2, 0) is 11.2 Å². The lowest BCUT2D eigenvalue weighted by molar-refractivity contribution is -0.115. The van der Waals surface area contributed by atoms with Gasteiger partial charge >= 0.3 is 0 Å². The summed E-state index contributed by atoms with van der Waals surface area (Å²) >= 11 is 0. The Morgan fingerprint density at radius 3 is 2.30 bits per heavy atom. The highest BCUT2D eigenvalue weighted by molar-refractivity contribution is 5.91. The van der Waals surface area contributed by atoms with Crippen molar-refractivity contribution in [2.45, 2.75) is 20.3 Å². The number of hydrogen-bond donors (Lipinski definition) is 2. The van der Waals surface area contributed by atoms with Crippen molar-refractivity contribution in [1.29, 1.82) is 0 Å². The lowest BCUT2D eigenvalue weighted by atomic mass is 10.1. The molecule has 0 saturated carbocycles. The molecule has 1 aromatic heterocycles. The van der Waals surface area contributed by atoms with E-state index in [4.69, 9.17) is 4.74 Å². The minimum atomic E-state index is -0.149. The molecule has 138 valence electrons. The number of hydrogen-bond acceptors (Lipinski definition) is 5. The first-order valence-corrected chi connectivity index (χ1v) is 8.64. The molecule has 0 fully saturated rings. The first-order valence-electron chi connectivity index (χ1n) is 8.64. The van der Waals surface area contributed by atoms with Gasteiger partial charge in [0.2, 0.25) is 5.91 Å². The van der Waals surface area contributed by atoms with Crippen LogP contribution in [0.1, 0.15) is 16.7 Å². The van der Waals surface area contributed by atoms with Crippen LogP contribution in [0.15, 0.2) is 54.6 Å². The fourth-order valence-corrected chi connectivity index (χ4v) is 2.67. The molecule has 3 aromatic rings. The molecular formula is C21H22N4O2. The summed E-state index contributed by atoms with van der Waals surface area (Å²) in [7, 11) is 1.61. The van der Waals surface area contributed by atoms with Gasteiger partial charge in [0.05, 0.1) is 13.5 Å². The molecule has 6 heteroatoms.